The van der Waals surface area contributed by atoms with Crippen LogP contribution in [0.4, 0.5) is 5.82 Å². The molecule has 0 aromatic carbocycles. The highest BCUT2D eigenvalue weighted by molar-refractivity contribution is 6.28. The minimum Gasteiger partial charge on any atom is -0.377 e. The van der Waals surface area contributed by atoms with Crippen LogP contribution in [0.15, 0.2) is 12.1 Å². The Kier molecular flexibility index (Phi) is 3.24. The molecule has 1 atom stereocenters. The maximum absolute atomic E-state index is 6.02. The summed E-state index contributed by atoms with van der Waals surface area (Å²) in [4.78, 5) is 15.2. The zero-order valence-electron chi connectivity index (χ0n) is 10.9. The fourth-order valence-electron chi connectivity index (χ4n) is 2.32. The van der Waals surface area contributed by atoms with Gasteiger partial charge in [0, 0.05) is 12.2 Å². The van der Waals surface area contributed by atoms with E-state index in [1.165, 1.54) is 0 Å². The van der Waals surface area contributed by atoms with Gasteiger partial charge >= 0.3 is 0 Å². The van der Waals surface area contributed by atoms with Crippen LogP contribution >= 0.6 is 11.6 Å². The molecule has 1 saturated heterocycles. The van der Waals surface area contributed by atoms with Crippen molar-refractivity contribution < 1.29 is 4.74 Å². The van der Waals surface area contributed by atoms with Crippen LogP contribution in [0.5, 0.6) is 0 Å². The van der Waals surface area contributed by atoms with Gasteiger partial charge in [-0.2, -0.15) is 9.97 Å². The Morgan fingerprint density at radius 3 is 2.95 bits per heavy atom. The van der Waals surface area contributed by atoms with Crippen molar-refractivity contribution in [2.45, 2.75) is 19.9 Å². The molecule has 0 amide bonds. The first-order valence-electron chi connectivity index (χ1n) is 6.30. The minimum absolute atomic E-state index is 0.235. The lowest BCUT2D eigenvalue weighted by molar-refractivity contribution is 0.0987. The first kappa shape index (κ1) is 12.6. The average Bonchev–Trinajstić information content (AvgIpc) is 2.38. The number of rotatable bonds is 1. The van der Waals surface area contributed by atoms with E-state index >= 15 is 0 Å². The molecular formula is C13H15ClN4O. The molecule has 1 aliphatic heterocycles. The van der Waals surface area contributed by atoms with Gasteiger partial charge < -0.3 is 9.64 Å². The van der Waals surface area contributed by atoms with Crippen molar-refractivity contribution >= 4 is 28.5 Å². The molecule has 100 valence electrons. The molecule has 6 heteroatoms. The Bertz CT molecular complexity index is 614. The van der Waals surface area contributed by atoms with Crippen molar-refractivity contribution in [3.05, 3.63) is 23.1 Å². The quantitative estimate of drug-likeness (QED) is 0.749. The second-order valence-corrected chi connectivity index (χ2v) is 5.10. The molecular weight excluding hydrogens is 264 g/mol. The van der Waals surface area contributed by atoms with Crippen LogP contribution in [0.3, 0.4) is 0 Å². The summed E-state index contributed by atoms with van der Waals surface area (Å²) in [6.07, 6.45) is 0. The molecule has 0 bridgehead atoms. The molecule has 2 aromatic rings. The van der Waals surface area contributed by atoms with Crippen LogP contribution < -0.4 is 4.90 Å². The second-order valence-electron chi connectivity index (χ2n) is 4.76. The molecule has 0 spiro atoms. The lowest BCUT2D eigenvalue weighted by atomic mass is 10.2. The number of ether oxygens (including phenoxy) is 1. The van der Waals surface area contributed by atoms with Crippen molar-refractivity contribution in [1.82, 2.24) is 15.0 Å². The maximum Gasteiger partial charge on any atom is 0.226 e. The van der Waals surface area contributed by atoms with Gasteiger partial charge in [-0.15, -0.1) is 0 Å². The first-order chi connectivity index (χ1) is 9.15. The maximum atomic E-state index is 6.02. The van der Waals surface area contributed by atoms with Gasteiger partial charge in [-0.05, 0) is 37.6 Å². The van der Waals surface area contributed by atoms with Gasteiger partial charge in [-0.1, -0.05) is 0 Å². The molecule has 0 aliphatic carbocycles. The summed E-state index contributed by atoms with van der Waals surface area (Å²) in [5.41, 5.74) is 1.57. The smallest absolute Gasteiger partial charge is 0.226 e. The van der Waals surface area contributed by atoms with E-state index in [4.69, 9.17) is 16.3 Å². The number of nitrogens with zero attached hydrogens (tertiary/aromatic N) is 4. The number of fused-ring (bicyclic) bond motifs is 1. The fourth-order valence-corrected chi connectivity index (χ4v) is 2.48. The Morgan fingerprint density at radius 1 is 1.32 bits per heavy atom. The van der Waals surface area contributed by atoms with E-state index in [9.17, 15) is 0 Å². The largest absolute Gasteiger partial charge is 0.377 e. The Balaban J connectivity index is 2.16. The third-order valence-electron chi connectivity index (χ3n) is 3.29. The Labute approximate surface area is 116 Å². The normalized spacial score (nSPS) is 19.9. The van der Waals surface area contributed by atoms with Crippen molar-refractivity contribution in [1.29, 1.82) is 0 Å². The highest BCUT2D eigenvalue weighted by atomic mass is 35.5. The number of hydrogen-bond donors (Lipinski definition) is 0. The van der Waals surface area contributed by atoms with E-state index in [2.05, 4.69) is 26.8 Å². The zero-order chi connectivity index (χ0) is 13.4. The first-order valence-corrected chi connectivity index (χ1v) is 6.68. The molecule has 0 saturated carbocycles. The fraction of sp³-hybridized carbons (Fsp3) is 0.462. The van der Waals surface area contributed by atoms with Crippen LogP contribution in [0.1, 0.15) is 12.6 Å². The molecule has 0 N–H and O–H groups in total. The van der Waals surface area contributed by atoms with E-state index in [0.717, 1.165) is 23.4 Å². The summed E-state index contributed by atoms with van der Waals surface area (Å²) >= 11 is 6.02. The van der Waals surface area contributed by atoms with Gasteiger partial charge in [0.05, 0.1) is 24.6 Å². The highest BCUT2D eigenvalue weighted by Gasteiger charge is 2.23. The molecule has 5 nitrogen and oxygen atoms in total. The van der Waals surface area contributed by atoms with Gasteiger partial charge in [-0.3, -0.25) is 0 Å². The third-order valence-corrected chi connectivity index (χ3v) is 3.46. The summed E-state index contributed by atoms with van der Waals surface area (Å²) < 4.78 is 5.46. The van der Waals surface area contributed by atoms with Gasteiger partial charge in [-0.25, -0.2) is 4.98 Å². The predicted molar refractivity (Wildman–Crippen MR) is 74.7 cm³/mol. The van der Waals surface area contributed by atoms with Gasteiger partial charge in [0.15, 0.2) is 5.65 Å². The van der Waals surface area contributed by atoms with E-state index in [-0.39, 0.29) is 11.3 Å². The number of halogens is 1. The van der Waals surface area contributed by atoms with Crippen molar-refractivity contribution in [3.8, 4) is 0 Å². The summed E-state index contributed by atoms with van der Waals surface area (Å²) in [5.74, 6) is 0.846. The van der Waals surface area contributed by atoms with Crippen molar-refractivity contribution in [2.24, 2.45) is 0 Å². The number of morpholine rings is 1. The summed E-state index contributed by atoms with van der Waals surface area (Å²) in [6, 6.07) is 4.24. The molecule has 3 heterocycles. The summed E-state index contributed by atoms with van der Waals surface area (Å²) in [7, 11) is 0. The number of aryl methyl sites for hydroxylation is 1. The molecule has 1 fully saturated rings. The van der Waals surface area contributed by atoms with Crippen molar-refractivity contribution in [3.63, 3.8) is 0 Å². The molecule has 0 unspecified atom stereocenters. The summed E-state index contributed by atoms with van der Waals surface area (Å²) in [5, 5.41) is 1.17. The lowest BCUT2D eigenvalue weighted by Gasteiger charge is -2.34. The monoisotopic (exact) mass is 278 g/mol. The standard InChI is InChI=1S/C13H15ClN4O/c1-8-3-4-10-11(15-8)16-13(14)17-12(10)18-5-6-19-7-9(18)2/h3-4,9H,5-7H2,1-2H3/t9-/m0/s1. The van der Waals surface area contributed by atoms with Crippen LogP contribution in [-0.2, 0) is 4.74 Å². The minimum atomic E-state index is 0.235. The van der Waals surface area contributed by atoms with Gasteiger partial charge in [0.25, 0.3) is 0 Å². The van der Waals surface area contributed by atoms with Crippen molar-refractivity contribution in [2.75, 3.05) is 24.7 Å². The van der Waals surface area contributed by atoms with E-state index in [1.54, 1.807) is 0 Å². The molecule has 1 aliphatic rings. The topological polar surface area (TPSA) is 51.1 Å². The van der Waals surface area contributed by atoms with Gasteiger partial charge in [0.2, 0.25) is 5.28 Å². The van der Waals surface area contributed by atoms with Crippen LogP contribution in [0, 0.1) is 6.92 Å². The molecule has 0 radical (unpaired) electrons. The van der Waals surface area contributed by atoms with Crippen LogP contribution in [0.2, 0.25) is 5.28 Å². The molecule has 3 rings (SSSR count). The molecule has 2 aromatic heterocycles. The van der Waals surface area contributed by atoms with Gasteiger partial charge in [0.1, 0.15) is 5.82 Å². The number of anilines is 1. The SMILES string of the molecule is Cc1ccc2c(N3CCOC[C@@H]3C)nc(Cl)nc2n1. The highest BCUT2D eigenvalue weighted by Crippen LogP contribution is 2.27. The average molecular weight is 279 g/mol. The van der Waals surface area contributed by atoms with Crippen LogP contribution in [-0.4, -0.2) is 40.8 Å². The van der Waals surface area contributed by atoms with E-state index < -0.39 is 0 Å². The third kappa shape index (κ3) is 2.35. The molecule has 19 heavy (non-hydrogen) atoms. The number of pyridine rings is 1. The van der Waals surface area contributed by atoms with Crippen LogP contribution in [0.25, 0.3) is 11.0 Å². The number of aromatic nitrogens is 3. The Hall–Kier alpha value is -1.46. The van der Waals surface area contributed by atoms with E-state index in [0.29, 0.717) is 18.9 Å². The Morgan fingerprint density at radius 2 is 2.16 bits per heavy atom. The predicted octanol–water partition coefficient (Wildman–Crippen LogP) is 2.21. The zero-order valence-corrected chi connectivity index (χ0v) is 11.7. The number of hydrogen-bond acceptors (Lipinski definition) is 5. The lowest BCUT2D eigenvalue weighted by Crippen LogP contribution is -2.44. The van der Waals surface area contributed by atoms with E-state index in [1.807, 2.05) is 19.1 Å². The summed E-state index contributed by atoms with van der Waals surface area (Å²) in [6.45, 7) is 6.25. The second kappa shape index (κ2) is 4.90.